The van der Waals surface area contributed by atoms with Crippen molar-refractivity contribution in [1.82, 2.24) is 0 Å². The van der Waals surface area contributed by atoms with Crippen molar-refractivity contribution < 1.29 is 61.0 Å². The van der Waals surface area contributed by atoms with Gasteiger partial charge in [-0.3, -0.25) is 4.55 Å². The van der Waals surface area contributed by atoms with E-state index in [4.69, 9.17) is 13.7 Å². The van der Waals surface area contributed by atoms with Crippen LogP contribution in [0, 0.1) is 6.92 Å². The molecule has 0 unspecified atom stereocenters. The van der Waals surface area contributed by atoms with E-state index in [1.165, 1.54) is 25.3 Å². The van der Waals surface area contributed by atoms with Crippen LogP contribution < -0.4 is 49.2 Å². The molecule has 0 amide bonds. The van der Waals surface area contributed by atoms with Crippen molar-refractivity contribution >= 4 is 32.1 Å². The number of fused-ring (bicyclic) bond motifs is 3. The Morgan fingerprint density at radius 3 is 2.40 bits per heavy atom. The van der Waals surface area contributed by atoms with Crippen LogP contribution in [0.4, 0.5) is 0 Å². The fraction of sp³-hybridized carbons (Fsp3) is 0.133. The van der Waals surface area contributed by atoms with Crippen LogP contribution in [0.15, 0.2) is 33.5 Å². The summed E-state index contributed by atoms with van der Waals surface area (Å²) in [5.74, 6) is -0.495. The van der Waals surface area contributed by atoms with Gasteiger partial charge in [0.25, 0.3) is 0 Å². The molecule has 1 heterocycles. The Balaban J connectivity index is 0.00000225. The number of aryl methyl sites for hydroxylation is 1. The van der Waals surface area contributed by atoms with Gasteiger partial charge in [0.1, 0.15) is 17.1 Å². The molecule has 0 fully saturated rings. The largest absolute Gasteiger partial charge is 1.00 e. The molecule has 1 N–H and O–H groups in total. The molecule has 0 saturated carbocycles. The van der Waals surface area contributed by atoms with Crippen molar-refractivity contribution in [2.75, 3.05) is 7.11 Å². The van der Waals surface area contributed by atoms with Crippen molar-refractivity contribution in [3.05, 3.63) is 40.2 Å². The summed E-state index contributed by atoms with van der Waals surface area (Å²) in [5.41, 5.74) is -0.375. The fourth-order valence-electron chi connectivity index (χ4n) is 2.58. The van der Waals surface area contributed by atoms with Gasteiger partial charge in [-0.05, 0) is 30.7 Å². The Morgan fingerprint density at radius 2 is 1.80 bits per heavy atom. The zero-order valence-electron chi connectivity index (χ0n) is 13.5. The van der Waals surface area contributed by atoms with Crippen LogP contribution >= 0.6 is 0 Å². The van der Waals surface area contributed by atoms with Crippen LogP contribution in [-0.2, 0) is 10.4 Å². The molecule has 10 heteroatoms. The zero-order valence-corrected chi connectivity index (χ0v) is 16.3. The van der Waals surface area contributed by atoms with E-state index < -0.39 is 21.8 Å². The minimum atomic E-state index is -4.72. The first-order valence-corrected chi connectivity index (χ1v) is 7.99. The van der Waals surface area contributed by atoms with Gasteiger partial charge in [-0.1, -0.05) is 5.75 Å². The smallest absolute Gasteiger partial charge is 0.872 e. The van der Waals surface area contributed by atoms with Gasteiger partial charge in [-0.25, -0.2) is 4.79 Å². The summed E-state index contributed by atoms with van der Waals surface area (Å²) in [6.07, 6.45) is 0. The third kappa shape index (κ3) is 3.75. The van der Waals surface area contributed by atoms with Crippen LogP contribution in [0.3, 0.4) is 0 Å². The van der Waals surface area contributed by atoms with E-state index in [1.54, 1.807) is 6.92 Å². The average molecular weight is 374 g/mol. The normalized spacial score (nSPS) is 11.3. The Bertz CT molecular complexity index is 1130. The molecule has 0 aliphatic heterocycles. The number of ether oxygens (including phenoxy) is 1. The standard InChI is InChI=1S/C15H12O8S.Na/c1-7-3-9(23-24(18,19)20)6-12-13(7)10-4-8(21-2)5-11(16)14(10)15(17)22-12;/h3-6,16H,1-2H3,(H,18,19,20);/q;+1/p-1. The van der Waals surface area contributed by atoms with E-state index in [0.29, 0.717) is 16.3 Å². The fourth-order valence-corrected chi connectivity index (χ4v) is 2.92. The topological polar surface area (TPSA) is 126 Å². The zero-order chi connectivity index (χ0) is 17.6. The Morgan fingerprint density at radius 1 is 1.12 bits per heavy atom. The molecule has 0 atom stereocenters. The number of hydrogen-bond donors (Lipinski definition) is 1. The molecule has 0 bridgehead atoms. The Hall–Kier alpha value is -1.78. The number of hydrogen-bond acceptors (Lipinski definition) is 7. The molecule has 1 aromatic heterocycles. The van der Waals surface area contributed by atoms with Crippen LogP contribution in [0.1, 0.15) is 5.56 Å². The van der Waals surface area contributed by atoms with Gasteiger partial charge in [-0.15, -0.1) is 0 Å². The van der Waals surface area contributed by atoms with Crippen LogP contribution in [0.2, 0.25) is 0 Å². The Kier molecular flexibility index (Phi) is 5.35. The Labute approximate surface area is 164 Å². The molecule has 0 aliphatic rings. The maximum Gasteiger partial charge on any atom is 1.00 e. The first kappa shape index (κ1) is 19.5. The summed E-state index contributed by atoms with van der Waals surface area (Å²) >= 11 is 0. The number of benzene rings is 2. The average Bonchev–Trinajstić information content (AvgIpc) is 2.43. The third-order valence-corrected chi connectivity index (χ3v) is 3.86. The van der Waals surface area contributed by atoms with E-state index in [2.05, 4.69) is 4.18 Å². The second kappa shape index (κ2) is 6.85. The van der Waals surface area contributed by atoms with Crippen molar-refractivity contribution in [3.63, 3.8) is 0 Å². The monoisotopic (exact) mass is 374 g/mol. The van der Waals surface area contributed by atoms with Gasteiger partial charge in [0.2, 0.25) is 0 Å². The molecule has 0 radical (unpaired) electrons. The second-order valence-electron chi connectivity index (χ2n) is 5.06. The van der Waals surface area contributed by atoms with Gasteiger partial charge in [0.15, 0.2) is 0 Å². The summed E-state index contributed by atoms with van der Waals surface area (Å²) in [6.45, 7) is 1.61. The maximum atomic E-state index is 12.1. The first-order chi connectivity index (χ1) is 11.2. The van der Waals surface area contributed by atoms with E-state index in [0.717, 1.165) is 6.07 Å². The predicted molar refractivity (Wildman–Crippen MR) is 82.9 cm³/mol. The predicted octanol–water partition coefficient (Wildman–Crippen LogP) is -1.48. The summed E-state index contributed by atoms with van der Waals surface area (Å²) < 4.78 is 45.0. The van der Waals surface area contributed by atoms with Crippen LogP contribution in [-0.4, -0.2) is 20.1 Å². The van der Waals surface area contributed by atoms with E-state index in [1.807, 2.05) is 0 Å². The minimum absolute atomic E-state index is 0. The summed E-state index contributed by atoms with van der Waals surface area (Å²) in [5, 5.41) is 12.7. The maximum absolute atomic E-state index is 12.1. The molecule has 25 heavy (non-hydrogen) atoms. The summed E-state index contributed by atoms with van der Waals surface area (Å²) in [7, 11) is -3.33. The quantitative estimate of drug-likeness (QED) is 0.255. The van der Waals surface area contributed by atoms with Crippen molar-refractivity contribution in [3.8, 4) is 17.2 Å². The second-order valence-corrected chi connectivity index (χ2v) is 6.08. The van der Waals surface area contributed by atoms with Gasteiger partial charge in [0.05, 0.1) is 12.5 Å². The summed E-state index contributed by atoms with van der Waals surface area (Å²) in [4.78, 5) is 12.1. The van der Waals surface area contributed by atoms with Crippen molar-refractivity contribution in [1.29, 1.82) is 0 Å². The van der Waals surface area contributed by atoms with E-state index >= 15 is 0 Å². The van der Waals surface area contributed by atoms with Gasteiger partial charge >= 0.3 is 45.6 Å². The van der Waals surface area contributed by atoms with Gasteiger partial charge in [-0.2, -0.15) is 8.42 Å². The molecule has 8 nitrogen and oxygen atoms in total. The molecule has 0 spiro atoms. The molecule has 2 aromatic carbocycles. The van der Waals surface area contributed by atoms with Crippen molar-refractivity contribution in [2.45, 2.75) is 6.92 Å². The molecule has 3 aromatic rings. The molecular formula is C15H11NaO8S. The summed E-state index contributed by atoms with van der Waals surface area (Å²) in [6, 6.07) is 5.17. The SMILES string of the molecule is COc1cc([O-])c2c(=O)oc3cc(OS(=O)(=O)O)cc(C)c3c2c1.[Na+]. The van der Waals surface area contributed by atoms with E-state index in [9.17, 15) is 18.3 Å². The van der Waals surface area contributed by atoms with Gasteiger partial charge in [0, 0.05) is 16.8 Å². The first-order valence-electron chi connectivity index (χ1n) is 6.62. The molecule has 126 valence electrons. The molecule has 0 saturated heterocycles. The number of rotatable bonds is 3. The molecule has 0 aliphatic carbocycles. The molecule has 3 rings (SSSR count). The third-order valence-electron chi connectivity index (χ3n) is 3.46. The number of methoxy groups -OCH3 is 1. The van der Waals surface area contributed by atoms with E-state index in [-0.39, 0.29) is 52.0 Å². The molecular weight excluding hydrogens is 363 g/mol. The van der Waals surface area contributed by atoms with Gasteiger partial charge < -0.3 is 18.4 Å². The van der Waals surface area contributed by atoms with Crippen LogP contribution in [0.25, 0.3) is 21.7 Å². The van der Waals surface area contributed by atoms with Crippen molar-refractivity contribution in [2.24, 2.45) is 0 Å². The minimum Gasteiger partial charge on any atom is -0.872 e. The van der Waals surface area contributed by atoms with Crippen LogP contribution in [0.5, 0.6) is 17.2 Å².